The molecule has 0 rings (SSSR count). The van der Waals surface area contributed by atoms with Crippen molar-refractivity contribution in [2.45, 2.75) is 96.8 Å². The predicted octanol–water partition coefficient (Wildman–Crippen LogP) is 4.35. The highest BCUT2D eigenvalue weighted by molar-refractivity contribution is 7.80. The zero-order chi connectivity index (χ0) is 21.7. The van der Waals surface area contributed by atoms with Gasteiger partial charge in [0.05, 0.1) is 13.7 Å². The SMILES string of the molecule is CCCCCCCCCCCCCCCC(=O)N(C)CCO.COS(=O)(=O)O. The van der Waals surface area contributed by atoms with Crippen molar-refractivity contribution in [3.8, 4) is 0 Å². The number of carbonyl (C=O) groups excluding carboxylic acids is 1. The molecule has 0 aliphatic carbocycles. The van der Waals surface area contributed by atoms with Gasteiger partial charge in [-0.1, -0.05) is 84.0 Å². The summed E-state index contributed by atoms with van der Waals surface area (Å²) in [6.07, 6.45) is 17.9. The third-order valence-electron chi connectivity index (χ3n) is 4.57. The maximum atomic E-state index is 11.6. The number of amides is 1. The van der Waals surface area contributed by atoms with Crippen LogP contribution in [0, 0.1) is 0 Å². The molecule has 0 atom stereocenters. The maximum absolute atomic E-state index is 11.6. The first-order valence-corrected chi connectivity index (χ1v) is 12.0. The molecule has 28 heavy (non-hydrogen) atoms. The van der Waals surface area contributed by atoms with E-state index in [9.17, 15) is 13.2 Å². The van der Waals surface area contributed by atoms with Crippen molar-refractivity contribution in [3.05, 3.63) is 0 Å². The highest BCUT2D eigenvalue weighted by Crippen LogP contribution is 2.13. The molecule has 0 saturated heterocycles. The zero-order valence-electron chi connectivity index (χ0n) is 18.2. The lowest BCUT2D eigenvalue weighted by molar-refractivity contribution is -0.130. The van der Waals surface area contributed by atoms with E-state index in [2.05, 4.69) is 11.1 Å². The van der Waals surface area contributed by atoms with Gasteiger partial charge in [0.1, 0.15) is 0 Å². The summed E-state index contributed by atoms with van der Waals surface area (Å²) in [7, 11) is -1.53. The molecule has 0 fully saturated rings. The standard InChI is InChI=1S/C19H39NO2.CH4O4S/c1-3-4-5-6-7-8-9-10-11-12-13-14-15-16-19(22)20(2)17-18-21;1-5-6(2,3)4/h21H,3-18H2,1-2H3;1H3,(H,2,3,4). The van der Waals surface area contributed by atoms with E-state index in [1.807, 2.05) is 0 Å². The molecule has 0 aromatic heterocycles. The smallest absolute Gasteiger partial charge is 0.395 e. The Bertz CT molecular complexity index is 442. The number of carbonyl (C=O) groups is 1. The summed E-state index contributed by atoms with van der Waals surface area (Å²) in [6, 6.07) is 0. The number of rotatable bonds is 17. The minimum Gasteiger partial charge on any atom is -0.395 e. The van der Waals surface area contributed by atoms with Crippen LogP contribution in [0.2, 0.25) is 0 Å². The van der Waals surface area contributed by atoms with E-state index >= 15 is 0 Å². The Kier molecular flexibility index (Phi) is 22.1. The minimum absolute atomic E-state index is 0.0564. The van der Waals surface area contributed by atoms with E-state index in [0.29, 0.717) is 13.0 Å². The highest BCUT2D eigenvalue weighted by Gasteiger charge is 2.06. The molecule has 170 valence electrons. The molecule has 0 unspecified atom stereocenters. The number of nitrogens with zero attached hydrogens (tertiary/aromatic N) is 1. The Morgan fingerprint density at radius 3 is 1.54 bits per heavy atom. The van der Waals surface area contributed by atoms with Gasteiger partial charge in [-0.3, -0.25) is 13.5 Å². The van der Waals surface area contributed by atoms with Crippen molar-refractivity contribution in [1.29, 1.82) is 0 Å². The summed E-state index contributed by atoms with van der Waals surface area (Å²) in [6.45, 7) is 2.78. The number of unbranched alkanes of at least 4 members (excludes halogenated alkanes) is 12. The summed E-state index contributed by atoms with van der Waals surface area (Å²) >= 11 is 0. The predicted molar refractivity (Wildman–Crippen MR) is 114 cm³/mol. The second-order valence-corrected chi connectivity index (χ2v) is 8.31. The molecular formula is C20H43NO6S. The van der Waals surface area contributed by atoms with Crippen LogP contribution in [0.15, 0.2) is 0 Å². The number of hydrogen-bond donors (Lipinski definition) is 2. The van der Waals surface area contributed by atoms with Gasteiger partial charge in [-0.2, -0.15) is 8.42 Å². The molecule has 7 nitrogen and oxygen atoms in total. The monoisotopic (exact) mass is 425 g/mol. The normalized spacial score (nSPS) is 11.0. The summed E-state index contributed by atoms with van der Waals surface area (Å²) in [5, 5.41) is 8.78. The molecule has 0 aliphatic heterocycles. The summed E-state index contributed by atoms with van der Waals surface area (Å²) in [4.78, 5) is 13.3. The van der Waals surface area contributed by atoms with E-state index < -0.39 is 10.4 Å². The first-order valence-electron chi connectivity index (χ1n) is 10.7. The van der Waals surface area contributed by atoms with Crippen LogP contribution in [0.3, 0.4) is 0 Å². The van der Waals surface area contributed by atoms with E-state index in [0.717, 1.165) is 20.0 Å². The molecule has 2 N–H and O–H groups in total. The Balaban J connectivity index is 0. The average molecular weight is 426 g/mol. The molecule has 0 bridgehead atoms. The fraction of sp³-hybridized carbons (Fsp3) is 0.950. The largest absolute Gasteiger partial charge is 0.397 e. The number of aliphatic hydroxyl groups is 1. The van der Waals surface area contributed by atoms with Crippen LogP contribution >= 0.6 is 0 Å². The summed E-state index contributed by atoms with van der Waals surface area (Å²) in [5.41, 5.74) is 0. The van der Waals surface area contributed by atoms with Gasteiger partial charge in [-0.05, 0) is 6.42 Å². The van der Waals surface area contributed by atoms with Gasteiger partial charge in [0.2, 0.25) is 5.91 Å². The van der Waals surface area contributed by atoms with Crippen LogP contribution in [0.1, 0.15) is 96.8 Å². The molecular weight excluding hydrogens is 382 g/mol. The molecule has 8 heteroatoms. The molecule has 1 amide bonds. The first-order chi connectivity index (χ1) is 13.3. The van der Waals surface area contributed by atoms with Gasteiger partial charge in [-0.25, -0.2) is 0 Å². The molecule has 0 aromatic carbocycles. The van der Waals surface area contributed by atoms with Crippen LogP contribution < -0.4 is 0 Å². The molecule has 0 heterocycles. The van der Waals surface area contributed by atoms with Crippen LogP contribution in [0.5, 0.6) is 0 Å². The Morgan fingerprint density at radius 2 is 1.21 bits per heavy atom. The van der Waals surface area contributed by atoms with E-state index in [4.69, 9.17) is 9.66 Å². The fourth-order valence-electron chi connectivity index (χ4n) is 2.76. The van der Waals surface area contributed by atoms with Crippen molar-refractivity contribution in [1.82, 2.24) is 4.90 Å². The molecule has 0 radical (unpaired) electrons. The summed E-state index contributed by atoms with van der Waals surface area (Å²) < 4.78 is 29.7. The van der Waals surface area contributed by atoms with Crippen molar-refractivity contribution in [3.63, 3.8) is 0 Å². The molecule has 0 spiro atoms. The van der Waals surface area contributed by atoms with Crippen molar-refractivity contribution in [2.75, 3.05) is 27.3 Å². The van der Waals surface area contributed by atoms with Crippen LogP contribution in [-0.2, 0) is 19.4 Å². The third kappa shape index (κ3) is 25.3. The highest BCUT2D eigenvalue weighted by atomic mass is 32.3. The van der Waals surface area contributed by atoms with Crippen molar-refractivity contribution < 1.29 is 27.1 Å². The Labute approximate surface area is 172 Å². The Hall–Kier alpha value is -0.700. The molecule has 0 saturated carbocycles. The fourth-order valence-corrected chi connectivity index (χ4v) is 2.76. The van der Waals surface area contributed by atoms with E-state index in [-0.39, 0.29) is 12.5 Å². The number of likely N-dealkylation sites (N-methyl/N-ethyl adjacent to an activating group) is 1. The van der Waals surface area contributed by atoms with Crippen molar-refractivity contribution in [2.24, 2.45) is 0 Å². The van der Waals surface area contributed by atoms with Gasteiger partial charge < -0.3 is 10.0 Å². The minimum atomic E-state index is -4.16. The zero-order valence-corrected chi connectivity index (χ0v) is 19.0. The number of hydrogen-bond acceptors (Lipinski definition) is 5. The van der Waals surface area contributed by atoms with Crippen molar-refractivity contribution >= 4 is 16.3 Å². The topological polar surface area (TPSA) is 104 Å². The lowest BCUT2D eigenvalue weighted by atomic mass is 10.0. The molecule has 0 aliphatic rings. The third-order valence-corrected chi connectivity index (χ3v) is 4.99. The average Bonchev–Trinajstić information content (AvgIpc) is 2.65. The van der Waals surface area contributed by atoms with Crippen LogP contribution in [0.25, 0.3) is 0 Å². The maximum Gasteiger partial charge on any atom is 0.397 e. The quantitative estimate of drug-likeness (QED) is 0.265. The second-order valence-electron chi connectivity index (χ2n) is 7.13. The summed E-state index contributed by atoms with van der Waals surface area (Å²) in [5.74, 6) is 0.164. The van der Waals surface area contributed by atoms with Gasteiger partial charge in [0.25, 0.3) is 0 Å². The van der Waals surface area contributed by atoms with Crippen LogP contribution in [0.4, 0.5) is 0 Å². The van der Waals surface area contributed by atoms with E-state index in [1.165, 1.54) is 70.6 Å². The number of aliphatic hydroxyl groups excluding tert-OH is 1. The first kappa shape index (κ1) is 29.5. The Morgan fingerprint density at radius 1 is 0.857 bits per heavy atom. The van der Waals surface area contributed by atoms with Gasteiger partial charge in [0.15, 0.2) is 0 Å². The van der Waals surface area contributed by atoms with Gasteiger partial charge in [0, 0.05) is 20.0 Å². The van der Waals surface area contributed by atoms with Crippen LogP contribution in [-0.4, -0.2) is 56.2 Å². The second kappa shape index (κ2) is 21.0. The molecule has 0 aromatic rings. The van der Waals surface area contributed by atoms with Gasteiger partial charge >= 0.3 is 10.4 Å². The van der Waals surface area contributed by atoms with E-state index in [1.54, 1.807) is 11.9 Å². The van der Waals surface area contributed by atoms with Gasteiger partial charge in [-0.15, -0.1) is 0 Å². The lowest BCUT2D eigenvalue weighted by Crippen LogP contribution is -2.29. The lowest BCUT2D eigenvalue weighted by Gasteiger charge is -2.15.